The van der Waals surface area contributed by atoms with E-state index in [0.29, 0.717) is 42.8 Å². The Kier molecular flexibility index (Phi) is 10.6. The molecule has 3 aliphatic rings. The summed E-state index contributed by atoms with van der Waals surface area (Å²) in [5.41, 5.74) is -0.732. The normalized spacial score (nSPS) is 30.1. The Hall–Kier alpha value is -3.58. The van der Waals surface area contributed by atoms with Crippen molar-refractivity contribution in [3.05, 3.63) is 70.8 Å². The Morgan fingerprint density at radius 1 is 1.06 bits per heavy atom. The first-order chi connectivity index (χ1) is 23.5. The molecule has 2 saturated heterocycles. The molecule has 1 saturated carbocycles. The minimum atomic E-state index is -1.99. The number of hydrogen-bond donors (Lipinski definition) is 6. The number of Topliss-reactive ketones (excluding diaryl/α,β-unsaturated/α-hetero) is 1. The minimum absolute atomic E-state index is 0.0219. The molecule has 11 nitrogen and oxygen atoms in total. The minimum Gasteiger partial charge on any atom is -0.506 e. The monoisotopic (exact) mass is 678 g/mol. The number of carboxylic acid groups (broad SMARTS) is 1. The average Bonchev–Trinajstić information content (AvgIpc) is 3.10. The lowest BCUT2D eigenvalue weighted by atomic mass is 9.67. The van der Waals surface area contributed by atoms with Gasteiger partial charge in [-0.15, -0.1) is 0 Å². The fraction of sp³-hybridized carbons (Fsp3) is 0.526. The van der Waals surface area contributed by atoms with Crippen molar-refractivity contribution in [3.8, 4) is 11.5 Å². The Labute approximate surface area is 285 Å². The third-order valence-electron chi connectivity index (χ3n) is 11.0. The van der Waals surface area contributed by atoms with E-state index in [4.69, 9.17) is 14.2 Å². The summed E-state index contributed by atoms with van der Waals surface area (Å²) in [5.74, 6) is -1.03. The first-order valence-corrected chi connectivity index (χ1v) is 17.2. The van der Waals surface area contributed by atoms with Crippen molar-refractivity contribution < 1.29 is 54.4 Å². The fourth-order valence-electron chi connectivity index (χ4n) is 8.31. The summed E-state index contributed by atoms with van der Waals surface area (Å²) in [6.07, 6.45) is -1.33. The zero-order valence-electron chi connectivity index (χ0n) is 27.7. The van der Waals surface area contributed by atoms with Gasteiger partial charge >= 0.3 is 5.97 Å². The van der Waals surface area contributed by atoms with Crippen molar-refractivity contribution in [2.45, 2.75) is 88.5 Å². The van der Waals surface area contributed by atoms with E-state index in [1.165, 1.54) is 6.07 Å². The van der Waals surface area contributed by atoms with Gasteiger partial charge in [0.1, 0.15) is 35.4 Å². The lowest BCUT2D eigenvalue weighted by molar-refractivity contribution is -0.315. The maximum Gasteiger partial charge on any atom is 0.335 e. The number of benzene rings is 3. The van der Waals surface area contributed by atoms with Crippen LogP contribution in [0.4, 0.5) is 0 Å². The Balaban J connectivity index is 1.26. The largest absolute Gasteiger partial charge is 0.506 e. The van der Waals surface area contributed by atoms with E-state index in [1.54, 1.807) is 13.0 Å². The molecule has 0 spiro atoms. The van der Waals surface area contributed by atoms with Gasteiger partial charge in [0.05, 0.1) is 23.1 Å². The zero-order valence-corrected chi connectivity index (χ0v) is 27.7. The van der Waals surface area contributed by atoms with Crippen molar-refractivity contribution in [3.63, 3.8) is 0 Å². The van der Waals surface area contributed by atoms with E-state index in [9.17, 15) is 40.2 Å². The molecule has 3 aromatic rings. The number of carbonyl (C=O) groups excluding carboxylic acids is 1. The molecule has 0 bridgehead atoms. The van der Waals surface area contributed by atoms with Gasteiger partial charge in [0.2, 0.25) is 6.29 Å². The average molecular weight is 679 g/mol. The van der Waals surface area contributed by atoms with Crippen LogP contribution in [0.2, 0.25) is 0 Å². The van der Waals surface area contributed by atoms with Crippen LogP contribution in [0, 0.1) is 24.7 Å². The van der Waals surface area contributed by atoms with Crippen molar-refractivity contribution in [2.24, 2.45) is 17.8 Å². The van der Waals surface area contributed by atoms with E-state index >= 15 is 0 Å². The molecule has 6 N–H and O–H groups in total. The molecule has 3 aromatic carbocycles. The third kappa shape index (κ3) is 7.06. The van der Waals surface area contributed by atoms with Crippen LogP contribution in [0.1, 0.15) is 76.8 Å². The van der Waals surface area contributed by atoms with Crippen molar-refractivity contribution in [1.29, 1.82) is 0 Å². The first-order valence-electron chi connectivity index (χ1n) is 17.2. The van der Waals surface area contributed by atoms with Gasteiger partial charge in [0.25, 0.3) is 0 Å². The highest BCUT2D eigenvalue weighted by molar-refractivity contribution is 6.09. The molecule has 11 heteroatoms. The standard InChI is InChI=1S/C38H46O11/c1-21-16-25-17-26(36(44)45)18-29(32(25)33(41)31(21)28(40)11-10-22-6-3-2-4-7-22)48-37-34(42)35(43)38(46,30(19-39)49-37)14-12-23-8-5-9-24-20-47-15-13-27(23)24/h2-4,6-7,16-18,23-24,27,30,34-35,37,39,41-43,46H,5,8-15,19-20H2,1H3,(H,44,45)/t23-,24-,27+,30+,34+,35+,37-,38+/m0/s1. The second-order valence-corrected chi connectivity index (χ2v) is 13.9. The van der Waals surface area contributed by atoms with Gasteiger partial charge < -0.3 is 44.8 Å². The van der Waals surface area contributed by atoms with Gasteiger partial charge in [-0.2, -0.15) is 0 Å². The number of phenols is 1. The molecule has 6 rings (SSSR count). The summed E-state index contributed by atoms with van der Waals surface area (Å²) in [7, 11) is 0. The van der Waals surface area contributed by atoms with Gasteiger partial charge in [0.15, 0.2) is 5.78 Å². The molecule has 0 unspecified atom stereocenters. The summed E-state index contributed by atoms with van der Waals surface area (Å²) in [5, 5.41) is 66.3. The molecule has 0 aromatic heterocycles. The molecule has 2 heterocycles. The number of aryl methyl sites for hydroxylation is 2. The molecule has 1 aliphatic carbocycles. The van der Waals surface area contributed by atoms with Gasteiger partial charge in [-0.05, 0) is 85.4 Å². The predicted octanol–water partition coefficient (Wildman–Crippen LogP) is 4.15. The molecule has 264 valence electrons. The molecule has 8 atom stereocenters. The number of carbonyl (C=O) groups is 2. The van der Waals surface area contributed by atoms with E-state index < -0.39 is 48.5 Å². The number of rotatable bonds is 11. The van der Waals surface area contributed by atoms with Crippen LogP contribution in [0.5, 0.6) is 11.5 Å². The van der Waals surface area contributed by atoms with Crippen LogP contribution in [-0.2, 0) is 15.9 Å². The maximum absolute atomic E-state index is 13.4. The van der Waals surface area contributed by atoms with Crippen LogP contribution < -0.4 is 4.74 Å². The lowest BCUT2D eigenvalue weighted by Crippen LogP contribution is -2.68. The molecule has 0 radical (unpaired) electrons. The van der Waals surface area contributed by atoms with Gasteiger partial charge in [-0.1, -0.05) is 49.2 Å². The quantitative estimate of drug-likeness (QED) is 0.160. The molecule has 3 fully saturated rings. The maximum atomic E-state index is 13.4. The highest BCUT2D eigenvalue weighted by atomic mass is 16.7. The second kappa shape index (κ2) is 14.7. The number of hydrogen-bond acceptors (Lipinski definition) is 10. The zero-order chi connectivity index (χ0) is 34.9. The molecule has 49 heavy (non-hydrogen) atoms. The fourth-order valence-corrected chi connectivity index (χ4v) is 8.31. The Morgan fingerprint density at radius 3 is 2.57 bits per heavy atom. The summed E-state index contributed by atoms with van der Waals surface area (Å²) in [6.45, 7) is 2.38. The number of ketones is 1. The third-order valence-corrected chi connectivity index (χ3v) is 11.0. The van der Waals surface area contributed by atoms with Gasteiger partial charge in [-0.3, -0.25) is 4.79 Å². The van der Waals surface area contributed by atoms with Crippen LogP contribution in [0.3, 0.4) is 0 Å². The van der Waals surface area contributed by atoms with Crippen molar-refractivity contribution >= 4 is 22.5 Å². The van der Waals surface area contributed by atoms with E-state index in [2.05, 4.69) is 0 Å². The number of carboxylic acids is 1. The molecular weight excluding hydrogens is 632 g/mol. The van der Waals surface area contributed by atoms with Gasteiger partial charge in [0, 0.05) is 19.6 Å². The number of phenolic OH excluding ortho intramolecular Hbond substituents is 1. The number of aliphatic hydroxyl groups is 4. The van der Waals surface area contributed by atoms with Crippen LogP contribution in [-0.4, -0.2) is 92.4 Å². The topological polar surface area (TPSA) is 183 Å². The molecular formula is C38H46O11. The number of aliphatic hydroxyl groups excluding tert-OH is 3. The summed E-state index contributed by atoms with van der Waals surface area (Å²) >= 11 is 0. The smallest absolute Gasteiger partial charge is 0.335 e. The summed E-state index contributed by atoms with van der Waals surface area (Å²) in [6, 6.07) is 13.5. The predicted molar refractivity (Wildman–Crippen MR) is 179 cm³/mol. The van der Waals surface area contributed by atoms with E-state index in [1.807, 2.05) is 30.3 Å². The first kappa shape index (κ1) is 35.3. The van der Waals surface area contributed by atoms with E-state index in [-0.39, 0.29) is 46.3 Å². The van der Waals surface area contributed by atoms with Crippen molar-refractivity contribution in [1.82, 2.24) is 0 Å². The van der Waals surface area contributed by atoms with Gasteiger partial charge in [-0.25, -0.2) is 4.79 Å². The summed E-state index contributed by atoms with van der Waals surface area (Å²) in [4.78, 5) is 25.5. The van der Waals surface area contributed by atoms with Crippen LogP contribution in [0.25, 0.3) is 10.8 Å². The number of fused-ring (bicyclic) bond motifs is 2. The highest BCUT2D eigenvalue weighted by Crippen LogP contribution is 2.45. The number of ether oxygens (including phenoxy) is 3. The molecule has 2 aliphatic heterocycles. The number of aromatic hydroxyl groups is 1. The highest BCUT2D eigenvalue weighted by Gasteiger charge is 2.55. The number of aromatic carboxylic acids is 1. The van der Waals surface area contributed by atoms with Crippen LogP contribution in [0.15, 0.2) is 48.5 Å². The Morgan fingerprint density at radius 2 is 1.84 bits per heavy atom. The Bertz CT molecular complexity index is 1650. The van der Waals surface area contributed by atoms with Crippen molar-refractivity contribution in [2.75, 3.05) is 19.8 Å². The lowest BCUT2D eigenvalue weighted by Gasteiger charge is -2.49. The summed E-state index contributed by atoms with van der Waals surface area (Å²) < 4.78 is 17.6. The van der Waals surface area contributed by atoms with Crippen LogP contribution >= 0.6 is 0 Å². The SMILES string of the molecule is Cc1cc2cc(C(=O)O)cc(O[C@H]3O[C@H](CO)[C@](O)(CC[C@@H]4CCC[C@H]5COCC[C@H]45)[C@H](O)[C@H]3O)c2c(O)c1C(=O)CCc1ccccc1. The van der Waals surface area contributed by atoms with E-state index in [0.717, 1.165) is 43.9 Å². The second-order valence-electron chi connectivity index (χ2n) is 13.9. The molecule has 0 amide bonds.